The van der Waals surface area contributed by atoms with Crippen LogP contribution in [0.2, 0.25) is 15.1 Å². The van der Waals surface area contributed by atoms with Crippen LogP contribution in [0.1, 0.15) is 53.2 Å². The van der Waals surface area contributed by atoms with Crippen molar-refractivity contribution in [1.82, 2.24) is 19.7 Å². The number of carbonyl (C=O) groups excluding carboxylic acids is 1. The molecular weight excluding hydrogens is 602 g/mol. The van der Waals surface area contributed by atoms with Crippen molar-refractivity contribution < 1.29 is 27.5 Å². The van der Waals surface area contributed by atoms with E-state index in [0.29, 0.717) is 63.4 Å². The number of hydrogen-bond donors (Lipinski definition) is 0. The molecule has 0 saturated carbocycles. The van der Waals surface area contributed by atoms with Crippen molar-refractivity contribution in [3.8, 4) is 5.88 Å². The minimum atomic E-state index is -4.55. The van der Waals surface area contributed by atoms with Gasteiger partial charge in [-0.1, -0.05) is 40.0 Å². The van der Waals surface area contributed by atoms with E-state index in [2.05, 4.69) is 10.3 Å². The largest absolute Gasteiger partial charge is 0.466 e. The summed E-state index contributed by atoms with van der Waals surface area (Å²) in [5.74, 6) is -0.390. The highest BCUT2D eigenvalue weighted by atomic mass is 35.5. The van der Waals surface area contributed by atoms with Gasteiger partial charge in [0.25, 0.3) is 5.91 Å². The Bertz CT molecular complexity index is 1400. The zero-order valence-corrected chi connectivity index (χ0v) is 23.4. The Hall–Kier alpha value is -2.54. The molecule has 0 bridgehead atoms. The third-order valence-electron chi connectivity index (χ3n) is 6.54. The minimum Gasteiger partial charge on any atom is -0.466 e. The standard InChI is InChI=1S/C24H21Cl3F3N5O3S/c1-34-19(24(28,29)30)9-20(32-34)37-10-21(36)35-4-2-12(3-5-35)23-31-17(11-39-23)16-8-18(38-33-16)22-14(26)6-13(25)7-15(22)27/h6-7,9,11-12,18H,2-5,8,10H2,1H3. The third-order valence-corrected chi connectivity index (χ3v) is 8.39. The average Bonchev–Trinajstić information content (AvgIpc) is 3.61. The van der Waals surface area contributed by atoms with E-state index in [4.69, 9.17) is 49.4 Å². The van der Waals surface area contributed by atoms with Gasteiger partial charge >= 0.3 is 6.18 Å². The lowest BCUT2D eigenvalue weighted by Crippen LogP contribution is -2.40. The summed E-state index contributed by atoms with van der Waals surface area (Å²) in [5.41, 5.74) is 1.09. The molecule has 39 heavy (non-hydrogen) atoms. The molecular formula is C24H21Cl3F3N5O3S. The van der Waals surface area contributed by atoms with E-state index < -0.39 is 18.0 Å². The van der Waals surface area contributed by atoms with Gasteiger partial charge in [-0.2, -0.15) is 13.2 Å². The maximum Gasteiger partial charge on any atom is 0.433 e. The second-order valence-electron chi connectivity index (χ2n) is 9.12. The van der Waals surface area contributed by atoms with Crippen LogP contribution in [-0.2, 0) is 22.9 Å². The Balaban J connectivity index is 1.13. The first-order chi connectivity index (χ1) is 18.5. The number of halogens is 6. The molecule has 208 valence electrons. The average molecular weight is 623 g/mol. The quantitative estimate of drug-likeness (QED) is 0.313. The number of piperidine rings is 1. The van der Waals surface area contributed by atoms with Crippen molar-refractivity contribution in [2.45, 2.75) is 37.5 Å². The lowest BCUT2D eigenvalue weighted by atomic mass is 9.97. The first kappa shape index (κ1) is 28.0. The molecule has 1 amide bonds. The normalized spacial score (nSPS) is 18.3. The van der Waals surface area contributed by atoms with E-state index >= 15 is 0 Å². The Morgan fingerprint density at radius 2 is 1.87 bits per heavy atom. The van der Waals surface area contributed by atoms with Gasteiger partial charge in [-0.05, 0) is 25.0 Å². The highest BCUT2D eigenvalue weighted by molar-refractivity contribution is 7.10. The third kappa shape index (κ3) is 6.13. The number of benzene rings is 1. The Kier molecular flexibility index (Phi) is 8.01. The maximum atomic E-state index is 12.9. The summed E-state index contributed by atoms with van der Waals surface area (Å²) in [6.07, 6.45) is -3.14. The number of nitrogens with zero attached hydrogens (tertiary/aromatic N) is 5. The molecule has 0 spiro atoms. The smallest absolute Gasteiger partial charge is 0.433 e. The van der Waals surface area contributed by atoms with Crippen LogP contribution in [0.5, 0.6) is 5.88 Å². The SMILES string of the molecule is Cn1nc(OCC(=O)N2CCC(c3nc(C4=NOC(c5c(Cl)cc(Cl)cc5Cl)C4)cs3)CC2)cc1C(F)(F)F. The van der Waals surface area contributed by atoms with Crippen LogP contribution < -0.4 is 4.74 Å². The van der Waals surface area contributed by atoms with Crippen molar-refractivity contribution in [2.24, 2.45) is 12.2 Å². The van der Waals surface area contributed by atoms with Gasteiger partial charge in [-0.15, -0.1) is 16.4 Å². The summed E-state index contributed by atoms with van der Waals surface area (Å²) in [4.78, 5) is 24.6. The zero-order chi connectivity index (χ0) is 27.9. The van der Waals surface area contributed by atoms with Crippen LogP contribution in [0.15, 0.2) is 28.7 Å². The lowest BCUT2D eigenvalue weighted by Gasteiger charge is -2.31. The number of thiazole rings is 1. The lowest BCUT2D eigenvalue weighted by molar-refractivity contribution is -0.143. The monoisotopic (exact) mass is 621 g/mol. The first-order valence-electron chi connectivity index (χ1n) is 11.8. The zero-order valence-electron chi connectivity index (χ0n) is 20.3. The molecule has 4 heterocycles. The van der Waals surface area contributed by atoms with Gasteiger partial charge in [0, 0.05) is 54.5 Å². The van der Waals surface area contributed by atoms with E-state index in [0.717, 1.165) is 16.8 Å². The van der Waals surface area contributed by atoms with Crippen LogP contribution in [0.3, 0.4) is 0 Å². The molecule has 1 unspecified atom stereocenters. The van der Waals surface area contributed by atoms with Gasteiger partial charge in [0.1, 0.15) is 11.4 Å². The van der Waals surface area contributed by atoms with Gasteiger partial charge < -0.3 is 14.5 Å². The highest BCUT2D eigenvalue weighted by Crippen LogP contribution is 2.40. The van der Waals surface area contributed by atoms with Gasteiger partial charge in [0.15, 0.2) is 12.7 Å². The number of aromatic nitrogens is 3. The predicted molar refractivity (Wildman–Crippen MR) is 141 cm³/mol. The molecule has 3 aromatic rings. The summed E-state index contributed by atoms with van der Waals surface area (Å²) in [6.45, 7) is 0.581. The summed E-state index contributed by atoms with van der Waals surface area (Å²) in [6, 6.07) is 4.00. The fourth-order valence-electron chi connectivity index (χ4n) is 4.53. The summed E-state index contributed by atoms with van der Waals surface area (Å²) in [5, 5.41) is 12.0. The number of carbonyl (C=O) groups is 1. The van der Waals surface area contributed by atoms with Gasteiger partial charge in [-0.3, -0.25) is 9.48 Å². The van der Waals surface area contributed by atoms with Crippen LogP contribution >= 0.6 is 46.1 Å². The Labute approximate surface area is 240 Å². The molecule has 0 radical (unpaired) electrons. The molecule has 8 nitrogen and oxygen atoms in total. The Morgan fingerprint density at radius 1 is 1.18 bits per heavy atom. The van der Waals surface area contributed by atoms with Crippen LogP contribution in [0, 0.1) is 0 Å². The van der Waals surface area contributed by atoms with Crippen LogP contribution in [0.4, 0.5) is 13.2 Å². The van der Waals surface area contributed by atoms with Gasteiger partial charge in [-0.25, -0.2) is 4.98 Å². The van der Waals surface area contributed by atoms with E-state index in [1.165, 1.54) is 18.4 Å². The number of oxime groups is 1. The number of alkyl halides is 3. The van der Waals surface area contributed by atoms with E-state index in [-0.39, 0.29) is 24.3 Å². The van der Waals surface area contributed by atoms with E-state index in [1.807, 2.05) is 5.38 Å². The fourth-order valence-corrected chi connectivity index (χ4v) is 6.59. The first-order valence-corrected chi connectivity index (χ1v) is 13.9. The van der Waals surface area contributed by atoms with Crippen molar-refractivity contribution in [1.29, 1.82) is 0 Å². The molecule has 2 aromatic heterocycles. The number of rotatable bonds is 6. The number of amides is 1. The highest BCUT2D eigenvalue weighted by Gasteiger charge is 2.36. The topological polar surface area (TPSA) is 81.8 Å². The van der Waals surface area contributed by atoms with E-state index in [1.54, 1.807) is 17.0 Å². The molecule has 1 aromatic carbocycles. The fraction of sp³-hybridized carbons (Fsp3) is 0.417. The second kappa shape index (κ2) is 11.1. The molecule has 2 aliphatic rings. The molecule has 15 heteroatoms. The molecule has 1 atom stereocenters. The number of likely N-dealkylation sites (tertiary alicyclic amines) is 1. The predicted octanol–water partition coefficient (Wildman–Crippen LogP) is 6.51. The molecule has 0 N–H and O–H groups in total. The second-order valence-corrected chi connectivity index (χ2v) is 11.3. The summed E-state index contributed by atoms with van der Waals surface area (Å²) in [7, 11) is 1.17. The van der Waals surface area contributed by atoms with Crippen molar-refractivity contribution >= 4 is 57.8 Å². The van der Waals surface area contributed by atoms with Crippen molar-refractivity contribution in [3.05, 3.63) is 60.6 Å². The number of hydrogen-bond acceptors (Lipinski definition) is 7. The minimum absolute atomic E-state index is 0.165. The van der Waals surface area contributed by atoms with Crippen molar-refractivity contribution in [3.63, 3.8) is 0 Å². The molecule has 1 fully saturated rings. The van der Waals surface area contributed by atoms with Crippen LogP contribution in [0.25, 0.3) is 0 Å². The molecule has 2 aliphatic heterocycles. The maximum absolute atomic E-state index is 12.9. The van der Waals surface area contributed by atoms with Gasteiger partial charge in [0.2, 0.25) is 5.88 Å². The summed E-state index contributed by atoms with van der Waals surface area (Å²) < 4.78 is 44.7. The molecule has 5 rings (SSSR count). The van der Waals surface area contributed by atoms with E-state index in [9.17, 15) is 18.0 Å². The summed E-state index contributed by atoms with van der Waals surface area (Å²) >= 11 is 20.2. The Morgan fingerprint density at radius 3 is 2.51 bits per heavy atom. The van der Waals surface area contributed by atoms with Crippen LogP contribution in [-0.4, -0.2) is 51.0 Å². The van der Waals surface area contributed by atoms with Gasteiger partial charge in [0.05, 0.1) is 20.7 Å². The molecule has 0 aliphatic carbocycles. The number of aryl methyl sites for hydroxylation is 1. The van der Waals surface area contributed by atoms with Crippen molar-refractivity contribution in [2.75, 3.05) is 19.7 Å². The number of ether oxygens (including phenoxy) is 1. The molecule has 1 saturated heterocycles.